The van der Waals surface area contributed by atoms with Crippen LogP contribution in [0.5, 0.6) is 0 Å². The van der Waals surface area contributed by atoms with Crippen LogP contribution in [-0.2, 0) is 4.79 Å². The van der Waals surface area contributed by atoms with Crippen LogP contribution in [-0.4, -0.2) is 15.3 Å². The Kier molecular flexibility index (Phi) is 3.13. The van der Waals surface area contributed by atoms with Crippen molar-refractivity contribution in [3.8, 4) is 11.3 Å². The minimum absolute atomic E-state index is 0.274. The van der Waals surface area contributed by atoms with E-state index in [1.807, 2.05) is 0 Å². The predicted octanol–water partition coefficient (Wildman–Crippen LogP) is 3.24. The lowest BCUT2D eigenvalue weighted by Gasteiger charge is -2.05. The van der Waals surface area contributed by atoms with E-state index in [9.17, 15) is 13.6 Å². The van der Waals surface area contributed by atoms with E-state index < -0.39 is 11.6 Å². The summed E-state index contributed by atoms with van der Waals surface area (Å²) in [7, 11) is 0. The van der Waals surface area contributed by atoms with E-state index in [0.717, 1.165) is 12.1 Å². The van der Waals surface area contributed by atoms with Crippen LogP contribution in [0.3, 0.4) is 0 Å². The Morgan fingerprint density at radius 3 is 2.71 bits per heavy atom. The zero-order valence-corrected chi connectivity index (χ0v) is 11.1. The van der Waals surface area contributed by atoms with Gasteiger partial charge in [-0.25, -0.2) is 13.8 Å². The first-order chi connectivity index (χ1) is 10.1. The Bertz CT molecular complexity index is 842. The monoisotopic (exact) mass is 287 g/mol. The molecule has 0 saturated heterocycles. The van der Waals surface area contributed by atoms with Crippen molar-refractivity contribution < 1.29 is 13.6 Å². The lowest BCUT2D eigenvalue weighted by molar-refractivity contribution is -0.114. The zero-order chi connectivity index (χ0) is 15.0. The molecule has 0 spiro atoms. The fourth-order valence-corrected chi connectivity index (χ4v) is 2.13. The molecule has 6 heteroatoms. The highest BCUT2D eigenvalue weighted by Gasteiger charge is 2.16. The number of anilines is 1. The Hall–Kier alpha value is -2.76. The summed E-state index contributed by atoms with van der Waals surface area (Å²) in [6.45, 7) is 1.37. The van der Waals surface area contributed by atoms with Gasteiger partial charge in [0.1, 0.15) is 17.2 Å². The number of hydrogen-bond acceptors (Lipinski definition) is 2. The Morgan fingerprint density at radius 2 is 2.00 bits per heavy atom. The molecule has 1 aromatic carbocycles. The van der Waals surface area contributed by atoms with E-state index in [0.29, 0.717) is 22.7 Å². The van der Waals surface area contributed by atoms with Crippen molar-refractivity contribution in [3.05, 3.63) is 54.2 Å². The number of hydrogen-bond donors (Lipinski definition) is 1. The summed E-state index contributed by atoms with van der Waals surface area (Å²) in [5.41, 5.74) is 1.37. The highest BCUT2D eigenvalue weighted by molar-refractivity contribution is 5.93. The van der Waals surface area contributed by atoms with Gasteiger partial charge >= 0.3 is 0 Å². The molecule has 0 bridgehead atoms. The maximum Gasteiger partial charge on any atom is 0.222 e. The van der Waals surface area contributed by atoms with E-state index in [1.165, 1.54) is 13.0 Å². The van der Waals surface area contributed by atoms with Crippen molar-refractivity contribution in [2.45, 2.75) is 6.92 Å². The van der Waals surface area contributed by atoms with Gasteiger partial charge in [0.25, 0.3) is 0 Å². The maximum atomic E-state index is 13.4. The number of aromatic nitrogens is 2. The second-order valence-electron chi connectivity index (χ2n) is 4.55. The summed E-state index contributed by atoms with van der Waals surface area (Å²) >= 11 is 0. The first-order valence-corrected chi connectivity index (χ1v) is 6.26. The molecule has 0 aliphatic rings. The fourth-order valence-electron chi connectivity index (χ4n) is 2.13. The lowest BCUT2D eigenvalue weighted by Crippen LogP contribution is -2.09. The number of carbonyl (C=O) groups excluding carboxylic acids is 1. The largest absolute Gasteiger partial charge is 0.310 e. The normalized spacial score (nSPS) is 10.8. The van der Waals surface area contributed by atoms with E-state index in [4.69, 9.17) is 0 Å². The molecule has 2 aromatic heterocycles. The number of halogens is 2. The molecule has 3 aromatic rings. The van der Waals surface area contributed by atoms with E-state index in [-0.39, 0.29) is 5.91 Å². The van der Waals surface area contributed by atoms with E-state index in [1.54, 1.807) is 28.8 Å². The number of benzene rings is 1. The standard InChI is InChI=1S/C15H11F2N3O/c1-9(21)18-15-14(10-5-6-11(16)12(17)8-10)19-13-4-2-3-7-20(13)15/h2-8H,1H3,(H,18,21). The third-order valence-electron chi connectivity index (χ3n) is 3.02. The van der Waals surface area contributed by atoms with Crippen molar-refractivity contribution in [1.29, 1.82) is 0 Å². The van der Waals surface area contributed by atoms with Gasteiger partial charge in [0.05, 0.1) is 0 Å². The van der Waals surface area contributed by atoms with Gasteiger partial charge in [-0.1, -0.05) is 6.07 Å². The molecule has 2 heterocycles. The van der Waals surface area contributed by atoms with Crippen molar-refractivity contribution in [2.75, 3.05) is 5.32 Å². The van der Waals surface area contributed by atoms with Crippen LogP contribution in [0.4, 0.5) is 14.6 Å². The Labute approximate surface area is 119 Å². The molecule has 0 fully saturated rings. The molecular weight excluding hydrogens is 276 g/mol. The van der Waals surface area contributed by atoms with Gasteiger partial charge in [-0.15, -0.1) is 0 Å². The van der Waals surface area contributed by atoms with Gasteiger partial charge in [-0.2, -0.15) is 0 Å². The van der Waals surface area contributed by atoms with Gasteiger partial charge in [-0.05, 0) is 30.3 Å². The van der Waals surface area contributed by atoms with E-state index >= 15 is 0 Å². The molecule has 0 atom stereocenters. The average molecular weight is 287 g/mol. The third kappa shape index (κ3) is 2.35. The number of imidazole rings is 1. The van der Waals surface area contributed by atoms with Gasteiger partial charge in [0.2, 0.25) is 5.91 Å². The molecule has 0 aliphatic heterocycles. The summed E-state index contributed by atoms with van der Waals surface area (Å²) in [6, 6.07) is 8.86. The number of nitrogens with one attached hydrogen (secondary N) is 1. The SMILES string of the molecule is CC(=O)Nc1c(-c2ccc(F)c(F)c2)nc2ccccn12. The number of amides is 1. The molecule has 106 valence electrons. The molecule has 0 saturated carbocycles. The first kappa shape index (κ1) is 13.2. The van der Waals surface area contributed by atoms with Crippen molar-refractivity contribution >= 4 is 17.4 Å². The van der Waals surface area contributed by atoms with Crippen molar-refractivity contribution in [1.82, 2.24) is 9.38 Å². The summed E-state index contributed by atoms with van der Waals surface area (Å²) in [5.74, 6) is -1.74. The molecule has 21 heavy (non-hydrogen) atoms. The highest BCUT2D eigenvalue weighted by atomic mass is 19.2. The molecular formula is C15H11F2N3O. The predicted molar refractivity (Wildman–Crippen MR) is 74.8 cm³/mol. The maximum absolute atomic E-state index is 13.4. The second kappa shape index (κ2) is 4.97. The second-order valence-corrected chi connectivity index (χ2v) is 4.55. The number of pyridine rings is 1. The molecule has 1 N–H and O–H groups in total. The topological polar surface area (TPSA) is 46.4 Å². The Balaban J connectivity index is 2.25. The number of rotatable bonds is 2. The number of carbonyl (C=O) groups is 1. The van der Waals surface area contributed by atoms with Crippen LogP contribution in [0.1, 0.15) is 6.92 Å². The van der Waals surface area contributed by atoms with Crippen LogP contribution in [0.15, 0.2) is 42.6 Å². The molecule has 0 radical (unpaired) electrons. The highest BCUT2D eigenvalue weighted by Crippen LogP contribution is 2.29. The summed E-state index contributed by atoms with van der Waals surface area (Å²) in [6.07, 6.45) is 1.73. The van der Waals surface area contributed by atoms with Gasteiger partial charge in [0.15, 0.2) is 11.6 Å². The Morgan fingerprint density at radius 1 is 1.19 bits per heavy atom. The van der Waals surface area contributed by atoms with Gasteiger partial charge < -0.3 is 5.32 Å². The lowest BCUT2D eigenvalue weighted by atomic mass is 10.1. The molecule has 0 unspecified atom stereocenters. The van der Waals surface area contributed by atoms with Crippen LogP contribution in [0.2, 0.25) is 0 Å². The van der Waals surface area contributed by atoms with E-state index in [2.05, 4.69) is 10.3 Å². The summed E-state index contributed by atoms with van der Waals surface area (Å²) < 4.78 is 28.2. The molecule has 4 nitrogen and oxygen atoms in total. The average Bonchev–Trinajstić information content (AvgIpc) is 2.80. The zero-order valence-electron chi connectivity index (χ0n) is 11.1. The molecule has 0 aliphatic carbocycles. The van der Waals surface area contributed by atoms with Crippen LogP contribution < -0.4 is 5.32 Å². The van der Waals surface area contributed by atoms with Gasteiger partial charge in [-0.3, -0.25) is 9.20 Å². The quantitative estimate of drug-likeness (QED) is 0.786. The van der Waals surface area contributed by atoms with Crippen LogP contribution >= 0.6 is 0 Å². The number of fused-ring (bicyclic) bond motifs is 1. The van der Waals surface area contributed by atoms with Crippen LogP contribution in [0, 0.1) is 11.6 Å². The minimum atomic E-state index is -0.960. The number of nitrogens with zero attached hydrogens (tertiary/aromatic N) is 2. The smallest absolute Gasteiger partial charge is 0.222 e. The first-order valence-electron chi connectivity index (χ1n) is 6.26. The third-order valence-corrected chi connectivity index (χ3v) is 3.02. The van der Waals surface area contributed by atoms with Crippen molar-refractivity contribution in [2.24, 2.45) is 0 Å². The fraction of sp³-hybridized carbons (Fsp3) is 0.0667. The van der Waals surface area contributed by atoms with Crippen LogP contribution in [0.25, 0.3) is 16.9 Å². The van der Waals surface area contributed by atoms with Gasteiger partial charge in [0, 0.05) is 18.7 Å². The molecule has 1 amide bonds. The minimum Gasteiger partial charge on any atom is -0.310 e. The summed E-state index contributed by atoms with van der Waals surface area (Å²) in [5, 5.41) is 2.67. The molecule has 3 rings (SSSR count). The summed E-state index contributed by atoms with van der Waals surface area (Å²) in [4.78, 5) is 15.7. The van der Waals surface area contributed by atoms with Crippen molar-refractivity contribution in [3.63, 3.8) is 0 Å².